The first-order valence-electron chi connectivity index (χ1n) is 6.88. The molecule has 20 heavy (non-hydrogen) atoms. The summed E-state index contributed by atoms with van der Waals surface area (Å²) in [5.41, 5.74) is 0.613. The predicted molar refractivity (Wildman–Crippen MR) is 82.0 cm³/mol. The maximum atomic E-state index is 12.5. The van der Waals surface area contributed by atoms with E-state index < -0.39 is 0 Å². The number of amides is 1. The van der Waals surface area contributed by atoms with Crippen LogP contribution in [0.5, 0.6) is 0 Å². The highest BCUT2D eigenvalue weighted by Crippen LogP contribution is 2.26. The van der Waals surface area contributed by atoms with E-state index in [1.807, 2.05) is 25.3 Å². The van der Waals surface area contributed by atoms with Crippen LogP contribution in [0, 0.1) is 5.92 Å². The van der Waals surface area contributed by atoms with E-state index in [0.29, 0.717) is 11.6 Å². The highest BCUT2D eigenvalue weighted by Gasteiger charge is 2.22. The normalized spacial score (nSPS) is 12.9. The fourth-order valence-electron chi connectivity index (χ4n) is 2.16. The molecule has 0 saturated heterocycles. The fourth-order valence-corrected chi connectivity index (χ4v) is 3.10. The molecular formula is C15H21N3OS. The molecule has 5 heteroatoms. The van der Waals surface area contributed by atoms with Gasteiger partial charge in [-0.1, -0.05) is 19.9 Å². The lowest BCUT2D eigenvalue weighted by atomic mass is 10.0. The molecule has 1 N–H and O–H groups in total. The molecule has 0 saturated carbocycles. The molecule has 0 bridgehead atoms. The average molecular weight is 291 g/mol. The molecule has 2 aromatic rings. The van der Waals surface area contributed by atoms with Crippen molar-refractivity contribution in [1.29, 1.82) is 0 Å². The quantitative estimate of drug-likeness (QED) is 0.914. The molecule has 0 aliphatic rings. The van der Waals surface area contributed by atoms with E-state index in [2.05, 4.69) is 30.3 Å². The Morgan fingerprint density at radius 2 is 2.05 bits per heavy atom. The zero-order valence-corrected chi connectivity index (χ0v) is 13.1. The Hall–Kier alpha value is -1.62. The fraction of sp³-hybridized carbons (Fsp3) is 0.467. The van der Waals surface area contributed by atoms with Crippen LogP contribution in [-0.4, -0.2) is 15.7 Å². The standard InChI is InChI=1S/C15H21N3OS/c1-10(2)14(13-6-5-9-20-13)17-15(19)12-7-8-16-18(12)11(3)4/h5-11,14H,1-4H3,(H,17,19). The third kappa shape index (κ3) is 3.10. The summed E-state index contributed by atoms with van der Waals surface area (Å²) >= 11 is 1.67. The molecule has 2 rings (SSSR count). The molecule has 108 valence electrons. The summed E-state index contributed by atoms with van der Waals surface area (Å²) in [6.07, 6.45) is 1.67. The first kappa shape index (κ1) is 14.8. The van der Waals surface area contributed by atoms with Crippen LogP contribution in [-0.2, 0) is 0 Å². The summed E-state index contributed by atoms with van der Waals surface area (Å²) in [7, 11) is 0. The number of nitrogens with zero attached hydrogens (tertiary/aromatic N) is 2. The first-order chi connectivity index (χ1) is 9.50. The van der Waals surface area contributed by atoms with Crippen LogP contribution in [0.15, 0.2) is 29.8 Å². The third-order valence-electron chi connectivity index (χ3n) is 3.20. The van der Waals surface area contributed by atoms with Gasteiger partial charge in [-0.15, -0.1) is 11.3 Å². The van der Waals surface area contributed by atoms with Gasteiger partial charge in [-0.25, -0.2) is 0 Å². The van der Waals surface area contributed by atoms with Gasteiger partial charge in [0.2, 0.25) is 0 Å². The van der Waals surface area contributed by atoms with Crippen LogP contribution in [0.1, 0.15) is 55.1 Å². The van der Waals surface area contributed by atoms with Crippen LogP contribution in [0.3, 0.4) is 0 Å². The Kier molecular flexibility index (Phi) is 4.60. The van der Waals surface area contributed by atoms with Crippen LogP contribution < -0.4 is 5.32 Å². The van der Waals surface area contributed by atoms with Gasteiger partial charge in [-0.3, -0.25) is 9.48 Å². The van der Waals surface area contributed by atoms with Gasteiger partial charge in [0.1, 0.15) is 5.69 Å². The number of carbonyl (C=O) groups is 1. The number of carbonyl (C=O) groups excluding carboxylic acids is 1. The van der Waals surface area contributed by atoms with Gasteiger partial charge in [0.15, 0.2) is 0 Å². The molecule has 0 fully saturated rings. The number of nitrogens with one attached hydrogen (secondary N) is 1. The van der Waals surface area contributed by atoms with Gasteiger partial charge in [-0.05, 0) is 37.3 Å². The minimum Gasteiger partial charge on any atom is -0.343 e. The highest BCUT2D eigenvalue weighted by atomic mass is 32.1. The minimum atomic E-state index is -0.0664. The molecule has 0 aliphatic carbocycles. The lowest BCUT2D eigenvalue weighted by Gasteiger charge is -2.22. The van der Waals surface area contributed by atoms with Crippen molar-refractivity contribution in [3.8, 4) is 0 Å². The second-order valence-electron chi connectivity index (χ2n) is 5.47. The first-order valence-corrected chi connectivity index (χ1v) is 7.76. The molecule has 1 unspecified atom stereocenters. The largest absolute Gasteiger partial charge is 0.343 e. The van der Waals surface area contributed by atoms with Crippen molar-refractivity contribution in [3.05, 3.63) is 40.3 Å². The second-order valence-corrected chi connectivity index (χ2v) is 6.44. The summed E-state index contributed by atoms with van der Waals surface area (Å²) in [4.78, 5) is 13.7. The van der Waals surface area contributed by atoms with Gasteiger partial charge in [0, 0.05) is 17.1 Å². The predicted octanol–water partition coefficient (Wildman–Crippen LogP) is 3.65. The zero-order valence-electron chi connectivity index (χ0n) is 12.3. The molecule has 1 atom stereocenters. The van der Waals surface area contributed by atoms with E-state index in [-0.39, 0.29) is 18.0 Å². The van der Waals surface area contributed by atoms with Crippen LogP contribution in [0.2, 0.25) is 0 Å². The molecule has 1 amide bonds. The molecule has 0 radical (unpaired) electrons. The maximum Gasteiger partial charge on any atom is 0.270 e. The Bertz CT molecular complexity index is 557. The average Bonchev–Trinajstić information content (AvgIpc) is 3.05. The molecule has 0 aromatic carbocycles. The number of thiophene rings is 1. The Labute approximate surface area is 123 Å². The SMILES string of the molecule is CC(C)C(NC(=O)c1ccnn1C(C)C)c1cccs1. The monoisotopic (exact) mass is 291 g/mol. The second kappa shape index (κ2) is 6.22. The van der Waals surface area contributed by atoms with Crippen LogP contribution in [0.4, 0.5) is 0 Å². The smallest absolute Gasteiger partial charge is 0.270 e. The molecule has 2 heterocycles. The summed E-state index contributed by atoms with van der Waals surface area (Å²) < 4.78 is 1.75. The van der Waals surface area contributed by atoms with Crippen LogP contribution in [0.25, 0.3) is 0 Å². The Morgan fingerprint density at radius 1 is 1.30 bits per heavy atom. The molecule has 0 aliphatic heterocycles. The van der Waals surface area contributed by atoms with Crippen molar-refractivity contribution >= 4 is 17.2 Å². The summed E-state index contributed by atoms with van der Waals surface area (Å²) in [6.45, 7) is 8.26. The van der Waals surface area contributed by atoms with Gasteiger partial charge in [0.25, 0.3) is 5.91 Å². The summed E-state index contributed by atoms with van der Waals surface area (Å²) in [6, 6.07) is 6.05. The Morgan fingerprint density at radius 3 is 2.60 bits per heavy atom. The highest BCUT2D eigenvalue weighted by molar-refractivity contribution is 7.10. The minimum absolute atomic E-state index is 0.0398. The van der Waals surface area contributed by atoms with Gasteiger partial charge < -0.3 is 5.32 Å². The van der Waals surface area contributed by atoms with Crippen molar-refractivity contribution in [3.63, 3.8) is 0 Å². The van der Waals surface area contributed by atoms with Crippen LogP contribution >= 0.6 is 11.3 Å². The van der Waals surface area contributed by atoms with Crippen molar-refractivity contribution < 1.29 is 4.79 Å². The van der Waals surface area contributed by atoms with E-state index >= 15 is 0 Å². The zero-order chi connectivity index (χ0) is 14.7. The third-order valence-corrected chi connectivity index (χ3v) is 4.15. The van der Waals surface area contributed by atoms with Crippen molar-refractivity contribution in [2.45, 2.75) is 39.8 Å². The summed E-state index contributed by atoms with van der Waals surface area (Å²) in [5.74, 6) is 0.274. The lowest BCUT2D eigenvalue weighted by Crippen LogP contribution is -2.33. The summed E-state index contributed by atoms with van der Waals surface area (Å²) in [5, 5.41) is 9.37. The van der Waals surface area contributed by atoms with E-state index in [1.165, 1.54) is 4.88 Å². The topological polar surface area (TPSA) is 46.9 Å². The van der Waals surface area contributed by atoms with Gasteiger partial charge >= 0.3 is 0 Å². The number of rotatable bonds is 5. The molecule has 2 aromatic heterocycles. The molecule has 4 nitrogen and oxygen atoms in total. The lowest BCUT2D eigenvalue weighted by molar-refractivity contribution is 0.0913. The number of aromatic nitrogens is 2. The maximum absolute atomic E-state index is 12.5. The van der Waals surface area contributed by atoms with Crippen molar-refractivity contribution in [1.82, 2.24) is 15.1 Å². The van der Waals surface area contributed by atoms with Gasteiger partial charge in [0.05, 0.1) is 6.04 Å². The number of hydrogen-bond acceptors (Lipinski definition) is 3. The number of hydrogen-bond donors (Lipinski definition) is 1. The Balaban J connectivity index is 2.19. The van der Waals surface area contributed by atoms with Crippen molar-refractivity contribution in [2.75, 3.05) is 0 Å². The van der Waals surface area contributed by atoms with E-state index in [0.717, 1.165) is 0 Å². The van der Waals surface area contributed by atoms with E-state index in [1.54, 1.807) is 28.3 Å². The molecular weight excluding hydrogens is 270 g/mol. The van der Waals surface area contributed by atoms with Crippen molar-refractivity contribution in [2.24, 2.45) is 5.92 Å². The van der Waals surface area contributed by atoms with E-state index in [9.17, 15) is 4.79 Å². The molecule has 0 spiro atoms. The van der Waals surface area contributed by atoms with E-state index in [4.69, 9.17) is 0 Å². The van der Waals surface area contributed by atoms with Gasteiger partial charge in [-0.2, -0.15) is 5.10 Å².